The highest BCUT2D eigenvalue weighted by Crippen LogP contribution is 2.14. The van der Waals surface area contributed by atoms with E-state index in [0.717, 1.165) is 41.7 Å². The van der Waals surface area contributed by atoms with Gasteiger partial charge in [-0.1, -0.05) is 0 Å². The molecule has 15 heavy (non-hydrogen) atoms. The van der Waals surface area contributed by atoms with Crippen LogP contribution in [-0.2, 0) is 11.3 Å². The minimum atomic E-state index is 0.771. The number of nitrogens with one attached hydrogen (secondary N) is 1. The Hall–Kier alpha value is -0.0700. The van der Waals surface area contributed by atoms with Crippen LogP contribution in [0.25, 0.3) is 0 Å². The number of ether oxygens (including phenoxy) is 1. The van der Waals surface area contributed by atoms with Crippen molar-refractivity contribution in [3.05, 3.63) is 21.7 Å². The Labute approximate surface area is 104 Å². The van der Waals surface area contributed by atoms with Gasteiger partial charge in [-0.3, -0.25) is 0 Å². The van der Waals surface area contributed by atoms with Gasteiger partial charge in [0.1, 0.15) is 5.76 Å². The molecule has 4 heteroatoms. The third-order valence-electron chi connectivity index (χ3n) is 2.70. The zero-order valence-corrected chi connectivity index (χ0v) is 10.8. The first-order chi connectivity index (χ1) is 7.34. The van der Waals surface area contributed by atoms with Crippen LogP contribution in [0.3, 0.4) is 0 Å². The van der Waals surface area contributed by atoms with Crippen molar-refractivity contribution in [2.24, 2.45) is 5.92 Å². The van der Waals surface area contributed by atoms with Gasteiger partial charge in [0.05, 0.1) is 6.54 Å². The van der Waals surface area contributed by atoms with Crippen molar-refractivity contribution in [1.29, 1.82) is 0 Å². The Morgan fingerprint density at radius 3 is 2.80 bits per heavy atom. The molecule has 1 aromatic rings. The maximum Gasteiger partial charge on any atom is 0.164 e. The molecule has 0 radical (unpaired) electrons. The Balaban J connectivity index is 1.65. The molecule has 2 rings (SSSR count). The van der Waals surface area contributed by atoms with Crippen LogP contribution in [0.15, 0.2) is 16.5 Å². The fraction of sp³-hybridized carbons (Fsp3) is 0.636. The molecule has 0 aliphatic carbocycles. The Morgan fingerprint density at radius 1 is 1.33 bits per heavy atom. The highest BCUT2D eigenvalue weighted by atomic mass is 127. The van der Waals surface area contributed by atoms with E-state index in [2.05, 4.69) is 27.9 Å². The highest BCUT2D eigenvalue weighted by Gasteiger charge is 2.13. The van der Waals surface area contributed by atoms with Gasteiger partial charge in [0.2, 0.25) is 0 Å². The molecule has 1 saturated heterocycles. The molecule has 2 heterocycles. The van der Waals surface area contributed by atoms with Crippen molar-refractivity contribution in [1.82, 2.24) is 5.32 Å². The lowest BCUT2D eigenvalue weighted by molar-refractivity contribution is 0.0661. The van der Waals surface area contributed by atoms with Crippen molar-refractivity contribution < 1.29 is 9.15 Å². The lowest BCUT2D eigenvalue weighted by atomic mass is 10.0. The van der Waals surface area contributed by atoms with Crippen LogP contribution in [-0.4, -0.2) is 19.8 Å². The van der Waals surface area contributed by atoms with Gasteiger partial charge in [-0.15, -0.1) is 0 Å². The average Bonchev–Trinajstić information content (AvgIpc) is 2.66. The van der Waals surface area contributed by atoms with Crippen LogP contribution in [0.1, 0.15) is 18.6 Å². The topological polar surface area (TPSA) is 34.4 Å². The third-order valence-corrected chi connectivity index (χ3v) is 3.28. The molecule has 0 aromatic carbocycles. The minimum absolute atomic E-state index is 0.771. The number of rotatable bonds is 4. The molecule has 3 nitrogen and oxygen atoms in total. The Kier molecular flexibility index (Phi) is 4.46. The van der Waals surface area contributed by atoms with E-state index in [1.807, 2.05) is 12.1 Å². The first kappa shape index (κ1) is 11.4. The molecule has 0 saturated carbocycles. The summed E-state index contributed by atoms with van der Waals surface area (Å²) in [5, 5.41) is 3.43. The van der Waals surface area contributed by atoms with Crippen molar-refractivity contribution in [2.75, 3.05) is 19.8 Å². The summed E-state index contributed by atoms with van der Waals surface area (Å²) in [7, 11) is 0. The van der Waals surface area contributed by atoms with Gasteiger partial charge in [-0.2, -0.15) is 0 Å². The van der Waals surface area contributed by atoms with Gasteiger partial charge in [-0.25, -0.2) is 0 Å². The van der Waals surface area contributed by atoms with Crippen LogP contribution in [0.4, 0.5) is 0 Å². The van der Waals surface area contributed by atoms with E-state index < -0.39 is 0 Å². The van der Waals surface area contributed by atoms with Crippen molar-refractivity contribution in [2.45, 2.75) is 19.4 Å². The molecular formula is C11H16INO2. The largest absolute Gasteiger partial charge is 0.454 e. The quantitative estimate of drug-likeness (QED) is 0.865. The van der Waals surface area contributed by atoms with Crippen molar-refractivity contribution in [3.8, 4) is 0 Å². The maximum atomic E-state index is 5.47. The molecule has 1 aliphatic heterocycles. The van der Waals surface area contributed by atoms with Crippen LogP contribution in [0.5, 0.6) is 0 Å². The minimum Gasteiger partial charge on any atom is -0.454 e. The molecule has 0 unspecified atom stereocenters. The molecule has 84 valence electrons. The average molecular weight is 321 g/mol. The second kappa shape index (κ2) is 5.86. The number of hydrogen-bond donors (Lipinski definition) is 1. The summed E-state index contributed by atoms with van der Waals surface area (Å²) in [6.07, 6.45) is 2.37. The molecule has 1 aromatic heterocycles. The van der Waals surface area contributed by atoms with Gasteiger partial charge >= 0.3 is 0 Å². The first-order valence-electron chi connectivity index (χ1n) is 5.37. The summed E-state index contributed by atoms with van der Waals surface area (Å²) in [6.45, 7) is 3.75. The van der Waals surface area contributed by atoms with Gasteiger partial charge in [0.25, 0.3) is 0 Å². The predicted octanol–water partition coefficient (Wildman–Crippen LogP) is 2.40. The fourth-order valence-corrected chi connectivity index (χ4v) is 2.26. The number of hydrogen-bond acceptors (Lipinski definition) is 3. The van der Waals surface area contributed by atoms with Crippen molar-refractivity contribution in [3.63, 3.8) is 0 Å². The van der Waals surface area contributed by atoms with E-state index in [4.69, 9.17) is 9.15 Å². The zero-order valence-electron chi connectivity index (χ0n) is 8.67. The summed E-state index contributed by atoms with van der Waals surface area (Å²) >= 11 is 2.18. The Morgan fingerprint density at radius 2 is 2.13 bits per heavy atom. The van der Waals surface area contributed by atoms with E-state index in [1.54, 1.807) is 0 Å². The number of halogens is 1. The van der Waals surface area contributed by atoms with E-state index in [-0.39, 0.29) is 0 Å². The second-order valence-corrected chi connectivity index (χ2v) is 4.96. The summed E-state index contributed by atoms with van der Waals surface area (Å²) in [5.41, 5.74) is 0. The molecule has 1 aliphatic rings. The van der Waals surface area contributed by atoms with E-state index >= 15 is 0 Å². The molecule has 0 atom stereocenters. The van der Waals surface area contributed by atoms with Gasteiger partial charge in [0.15, 0.2) is 3.77 Å². The molecule has 1 fully saturated rings. The molecule has 0 amide bonds. The normalized spacial score (nSPS) is 18.2. The first-order valence-corrected chi connectivity index (χ1v) is 6.45. The summed E-state index contributed by atoms with van der Waals surface area (Å²) in [6, 6.07) is 4.02. The number of furan rings is 1. The summed E-state index contributed by atoms with van der Waals surface area (Å²) < 4.78 is 11.7. The summed E-state index contributed by atoms with van der Waals surface area (Å²) in [4.78, 5) is 0. The third kappa shape index (κ3) is 3.77. The monoisotopic (exact) mass is 321 g/mol. The predicted molar refractivity (Wildman–Crippen MR) is 66.7 cm³/mol. The van der Waals surface area contributed by atoms with Gasteiger partial charge in [-0.05, 0) is 60.0 Å². The SMILES string of the molecule is Ic1ccc(CNCC2CCOCC2)o1. The van der Waals surface area contributed by atoms with E-state index in [9.17, 15) is 0 Å². The molecule has 0 bridgehead atoms. The standard InChI is InChI=1S/C11H16INO2/c12-11-2-1-10(15-11)8-13-7-9-3-5-14-6-4-9/h1-2,9,13H,3-8H2. The molecule has 0 spiro atoms. The van der Waals surface area contributed by atoms with Crippen LogP contribution >= 0.6 is 22.6 Å². The van der Waals surface area contributed by atoms with Gasteiger partial charge < -0.3 is 14.5 Å². The van der Waals surface area contributed by atoms with Crippen LogP contribution in [0.2, 0.25) is 0 Å². The molecule has 1 N–H and O–H groups in total. The fourth-order valence-electron chi connectivity index (χ4n) is 1.80. The highest BCUT2D eigenvalue weighted by molar-refractivity contribution is 14.1. The maximum absolute atomic E-state index is 5.47. The second-order valence-electron chi connectivity index (χ2n) is 3.89. The van der Waals surface area contributed by atoms with Crippen molar-refractivity contribution >= 4 is 22.6 Å². The molecular weight excluding hydrogens is 305 g/mol. The van der Waals surface area contributed by atoms with E-state index in [0.29, 0.717) is 0 Å². The summed E-state index contributed by atoms with van der Waals surface area (Å²) in [5.74, 6) is 1.79. The lowest BCUT2D eigenvalue weighted by Crippen LogP contribution is -2.27. The Bertz CT molecular complexity index is 295. The van der Waals surface area contributed by atoms with Crippen LogP contribution < -0.4 is 5.32 Å². The van der Waals surface area contributed by atoms with Crippen LogP contribution in [0, 0.1) is 9.68 Å². The van der Waals surface area contributed by atoms with E-state index in [1.165, 1.54) is 12.8 Å². The lowest BCUT2D eigenvalue weighted by Gasteiger charge is -2.21. The van der Waals surface area contributed by atoms with Gasteiger partial charge in [0, 0.05) is 13.2 Å². The smallest absolute Gasteiger partial charge is 0.164 e. The zero-order chi connectivity index (χ0) is 10.5.